The van der Waals surface area contributed by atoms with Gasteiger partial charge < -0.3 is 14.9 Å². The minimum atomic E-state index is -1.02. The first-order valence-corrected chi connectivity index (χ1v) is 9.35. The summed E-state index contributed by atoms with van der Waals surface area (Å²) >= 11 is 0. The van der Waals surface area contributed by atoms with Gasteiger partial charge in [-0.05, 0) is 24.8 Å². The van der Waals surface area contributed by atoms with Crippen LogP contribution in [-0.2, 0) is 25.7 Å². The fourth-order valence-electron chi connectivity index (χ4n) is 2.71. The van der Waals surface area contributed by atoms with Gasteiger partial charge in [-0.1, -0.05) is 56.5 Å². The third-order valence-corrected chi connectivity index (χ3v) is 4.17. The second kappa shape index (κ2) is 12.9. The number of hydrogen-bond acceptors (Lipinski definition) is 5. The molecule has 1 aromatic rings. The van der Waals surface area contributed by atoms with Crippen molar-refractivity contribution in [3.05, 3.63) is 35.9 Å². The first-order valence-electron chi connectivity index (χ1n) is 9.35. The zero-order valence-corrected chi connectivity index (χ0v) is 15.7. The number of carbonyl (C=O) groups excluding carboxylic acids is 1. The number of carboxylic acid groups (broad SMARTS) is 2. The minimum Gasteiger partial charge on any atom is -0.481 e. The Labute approximate surface area is 159 Å². The number of unbranched alkanes of at least 4 members (excludes halogenated alkanes) is 2. The minimum absolute atomic E-state index is 0.0788. The van der Waals surface area contributed by atoms with Gasteiger partial charge >= 0.3 is 17.9 Å². The first-order chi connectivity index (χ1) is 12.9. The number of carboxylic acids is 2. The summed E-state index contributed by atoms with van der Waals surface area (Å²) in [7, 11) is 0. The molecule has 3 N–H and O–H groups in total. The maximum atomic E-state index is 12.4. The van der Waals surface area contributed by atoms with Crippen LogP contribution in [0.25, 0.3) is 0 Å². The Kier molecular flexibility index (Phi) is 10.8. The van der Waals surface area contributed by atoms with E-state index in [4.69, 9.17) is 9.84 Å². The molecule has 150 valence electrons. The molecule has 1 rings (SSSR count). The number of hydrogen-bond donors (Lipinski definition) is 3. The summed E-state index contributed by atoms with van der Waals surface area (Å²) < 4.78 is 5.33. The Morgan fingerprint density at radius 1 is 1.00 bits per heavy atom. The van der Waals surface area contributed by atoms with Crippen LogP contribution < -0.4 is 5.32 Å². The highest BCUT2D eigenvalue weighted by molar-refractivity contribution is 5.78. The highest BCUT2D eigenvalue weighted by Gasteiger charge is 2.26. The Morgan fingerprint density at radius 3 is 2.30 bits per heavy atom. The molecule has 0 radical (unpaired) electrons. The quantitative estimate of drug-likeness (QED) is 0.336. The molecule has 0 saturated heterocycles. The summed E-state index contributed by atoms with van der Waals surface area (Å²) in [4.78, 5) is 34.4. The van der Waals surface area contributed by atoms with E-state index in [1.165, 1.54) is 0 Å². The number of carbonyl (C=O) groups is 3. The van der Waals surface area contributed by atoms with E-state index in [9.17, 15) is 19.5 Å². The molecule has 0 aliphatic heterocycles. The predicted molar refractivity (Wildman–Crippen MR) is 100 cm³/mol. The average molecular weight is 379 g/mol. The van der Waals surface area contributed by atoms with Gasteiger partial charge in [0, 0.05) is 6.42 Å². The number of esters is 1. The largest absolute Gasteiger partial charge is 0.481 e. The van der Waals surface area contributed by atoms with Crippen LogP contribution in [0.2, 0.25) is 0 Å². The zero-order chi connectivity index (χ0) is 20.1. The topological polar surface area (TPSA) is 113 Å². The van der Waals surface area contributed by atoms with Gasteiger partial charge in [0.2, 0.25) is 0 Å². The lowest BCUT2D eigenvalue weighted by Gasteiger charge is -2.22. The van der Waals surface area contributed by atoms with Crippen molar-refractivity contribution in [1.82, 2.24) is 5.32 Å². The zero-order valence-electron chi connectivity index (χ0n) is 15.7. The molecule has 0 saturated carbocycles. The molecular formula is C20H29NO6. The molecule has 7 nitrogen and oxygen atoms in total. The molecule has 0 aliphatic carbocycles. The van der Waals surface area contributed by atoms with Crippen molar-refractivity contribution in [2.45, 2.75) is 70.6 Å². The van der Waals surface area contributed by atoms with E-state index in [2.05, 4.69) is 5.32 Å². The standard InChI is InChI=1S/C20H29NO6/c1-2-9-17(20(26)27-14-15-10-5-3-6-11-15)21-16(19(24)25)12-7-4-8-13-18(22)23/h3,5-6,10-11,16-17,21H,2,4,7-9,12-14H2,1H3,(H,22,23)(H,24,25). The summed E-state index contributed by atoms with van der Waals surface area (Å²) in [5.41, 5.74) is 0.870. The monoisotopic (exact) mass is 379 g/mol. The van der Waals surface area contributed by atoms with Crippen LogP contribution in [0.1, 0.15) is 57.4 Å². The Hall–Kier alpha value is -2.41. The summed E-state index contributed by atoms with van der Waals surface area (Å²) in [5.74, 6) is -2.34. The maximum absolute atomic E-state index is 12.4. The van der Waals surface area contributed by atoms with E-state index in [1.54, 1.807) is 0 Å². The van der Waals surface area contributed by atoms with Crippen molar-refractivity contribution >= 4 is 17.9 Å². The summed E-state index contributed by atoms with van der Waals surface area (Å²) in [6, 6.07) is 7.75. The molecule has 1 aromatic carbocycles. The van der Waals surface area contributed by atoms with Crippen molar-refractivity contribution in [3.8, 4) is 0 Å². The van der Waals surface area contributed by atoms with Gasteiger partial charge in [0.1, 0.15) is 18.7 Å². The van der Waals surface area contributed by atoms with E-state index < -0.39 is 30.0 Å². The molecule has 0 amide bonds. The van der Waals surface area contributed by atoms with Crippen molar-refractivity contribution in [2.75, 3.05) is 0 Å². The van der Waals surface area contributed by atoms with Crippen LogP contribution in [0, 0.1) is 0 Å². The van der Waals surface area contributed by atoms with Gasteiger partial charge in [0.15, 0.2) is 0 Å². The Morgan fingerprint density at radius 2 is 1.70 bits per heavy atom. The third kappa shape index (κ3) is 9.75. The van der Waals surface area contributed by atoms with Crippen LogP contribution in [0.15, 0.2) is 30.3 Å². The van der Waals surface area contributed by atoms with Crippen LogP contribution >= 0.6 is 0 Å². The molecule has 0 fully saturated rings. The van der Waals surface area contributed by atoms with Crippen molar-refractivity contribution < 1.29 is 29.3 Å². The van der Waals surface area contributed by atoms with Crippen LogP contribution in [0.4, 0.5) is 0 Å². The number of ether oxygens (including phenoxy) is 1. The van der Waals surface area contributed by atoms with Crippen LogP contribution in [0.3, 0.4) is 0 Å². The second-order valence-corrected chi connectivity index (χ2v) is 6.49. The maximum Gasteiger partial charge on any atom is 0.323 e. The molecule has 0 spiro atoms. The highest BCUT2D eigenvalue weighted by atomic mass is 16.5. The normalized spacial score (nSPS) is 12.9. The van der Waals surface area contributed by atoms with Gasteiger partial charge in [-0.25, -0.2) is 0 Å². The van der Waals surface area contributed by atoms with E-state index >= 15 is 0 Å². The van der Waals surface area contributed by atoms with E-state index in [0.717, 1.165) is 5.56 Å². The molecule has 2 unspecified atom stereocenters. The van der Waals surface area contributed by atoms with Gasteiger partial charge in [-0.15, -0.1) is 0 Å². The van der Waals surface area contributed by atoms with Gasteiger partial charge in [-0.3, -0.25) is 19.7 Å². The van der Waals surface area contributed by atoms with E-state index in [-0.39, 0.29) is 13.0 Å². The third-order valence-electron chi connectivity index (χ3n) is 4.17. The second-order valence-electron chi connectivity index (χ2n) is 6.49. The Bertz CT molecular complexity index is 589. The summed E-state index contributed by atoms with van der Waals surface area (Å²) in [5, 5.41) is 20.9. The van der Waals surface area contributed by atoms with Crippen LogP contribution in [-0.4, -0.2) is 40.2 Å². The molecule has 0 aliphatic rings. The lowest BCUT2D eigenvalue weighted by Crippen LogP contribution is -2.47. The fraction of sp³-hybridized carbons (Fsp3) is 0.550. The smallest absolute Gasteiger partial charge is 0.323 e. The number of nitrogens with one attached hydrogen (secondary N) is 1. The number of benzene rings is 1. The van der Waals surface area contributed by atoms with Gasteiger partial charge in [0.25, 0.3) is 0 Å². The lowest BCUT2D eigenvalue weighted by molar-refractivity contribution is -0.149. The summed E-state index contributed by atoms with van der Waals surface area (Å²) in [6.45, 7) is 2.06. The Balaban J connectivity index is 2.52. The van der Waals surface area contributed by atoms with Gasteiger partial charge in [-0.2, -0.15) is 0 Å². The van der Waals surface area contributed by atoms with Crippen LogP contribution in [0.5, 0.6) is 0 Å². The molecule has 27 heavy (non-hydrogen) atoms. The van der Waals surface area contributed by atoms with Gasteiger partial charge in [0.05, 0.1) is 0 Å². The molecule has 0 heterocycles. The molecule has 7 heteroatoms. The average Bonchev–Trinajstić information content (AvgIpc) is 2.64. The van der Waals surface area contributed by atoms with E-state index in [1.807, 2.05) is 37.3 Å². The summed E-state index contributed by atoms with van der Waals surface area (Å²) in [6.07, 6.45) is 3.33. The fourth-order valence-corrected chi connectivity index (χ4v) is 2.71. The van der Waals surface area contributed by atoms with Crippen molar-refractivity contribution in [1.29, 1.82) is 0 Å². The van der Waals surface area contributed by atoms with E-state index in [0.29, 0.717) is 38.5 Å². The number of aliphatic carboxylic acids is 2. The predicted octanol–water partition coefficient (Wildman–Crippen LogP) is 2.98. The lowest BCUT2D eigenvalue weighted by atomic mass is 10.0. The van der Waals surface area contributed by atoms with Crippen molar-refractivity contribution in [2.24, 2.45) is 0 Å². The molecular weight excluding hydrogens is 350 g/mol. The SMILES string of the molecule is CCCC(NC(CCCCCC(=O)O)C(=O)O)C(=O)OCc1ccccc1. The number of rotatable bonds is 14. The molecule has 0 aromatic heterocycles. The first kappa shape index (κ1) is 22.6. The molecule has 0 bridgehead atoms. The molecule has 2 atom stereocenters. The highest BCUT2D eigenvalue weighted by Crippen LogP contribution is 2.10. The van der Waals surface area contributed by atoms with Crippen molar-refractivity contribution in [3.63, 3.8) is 0 Å².